The van der Waals surface area contributed by atoms with Crippen molar-refractivity contribution < 1.29 is 4.65 Å². The van der Waals surface area contributed by atoms with E-state index >= 15 is 0 Å². The molecule has 0 saturated carbocycles. The molecule has 0 aromatic heterocycles. The Balaban J connectivity index is 2.40. The quantitative estimate of drug-likeness (QED) is 0.331. The molecule has 0 bridgehead atoms. The SMILES string of the molecule is [B]=BOCI. The van der Waals surface area contributed by atoms with Crippen LogP contribution >= 0.6 is 22.6 Å². The van der Waals surface area contributed by atoms with E-state index in [0.717, 1.165) is 0 Å². The fourth-order valence-electron chi connectivity index (χ4n) is 0.0364. The minimum absolute atomic E-state index is 0.633. The molecule has 5 heavy (non-hydrogen) atoms. The Hall–Kier alpha value is 0.660. The van der Waals surface area contributed by atoms with Gasteiger partial charge in [0, 0.05) is 0 Å². The molecule has 0 aliphatic rings. The first-order valence-corrected chi connectivity index (χ1v) is 2.65. The van der Waals surface area contributed by atoms with Gasteiger partial charge in [-0.05, 0) is 0 Å². The molecular formula is CH2B2IO. The molecule has 25 valence electrons. The van der Waals surface area contributed by atoms with Crippen molar-refractivity contribution in [3.05, 3.63) is 0 Å². The standard InChI is InChI=1S/CH2B2IO/c2-3-5-1-4/h1H2. The zero-order valence-electron chi connectivity index (χ0n) is 2.65. The summed E-state index contributed by atoms with van der Waals surface area (Å²) in [7, 11) is 5.96. The van der Waals surface area contributed by atoms with Crippen LogP contribution < -0.4 is 0 Å². The zero-order chi connectivity index (χ0) is 4.12. The molecule has 0 rings (SSSR count). The summed E-state index contributed by atoms with van der Waals surface area (Å²) in [6.45, 7) is 0. The van der Waals surface area contributed by atoms with E-state index in [1.807, 2.05) is 0 Å². The summed E-state index contributed by atoms with van der Waals surface area (Å²) in [6, 6.07) is 0. The molecule has 0 aromatic carbocycles. The summed E-state index contributed by atoms with van der Waals surface area (Å²) in [4.78, 5) is 0. The van der Waals surface area contributed by atoms with Gasteiger partial charge in [0.2, 0.25) is 0 Å². The maximum absolute atomic E-state index is 4.79. The Labute approximate surface area is 46.5 Å². The van der Waals surface area contributed by atoms with Gasteiger partial charge in [-0.1, -0.05) is 0 Å². The number of alkyl halides is 1. The van der Waals surface area contributed by atoms with Crippen molar-refractivity contribution in [1.29, 1.82) is 0 Å². The second-order valence-corrected chi connectivity index (χ2v) is 1.03. The van der Waals surface area contributed by atoms with Crippen molar-refractivity contribution in [3.63, 3.8) is 0 Å². The Kier molecular flexibility index (Phi) is 5.27. The molecule has 0 unspecified atom stereocenters. The third-order valence-corrected chi connectivity index (χ3v) is 0.519. The van der Waals surface area contributed by atoms with E-state index in [1.165, 1.54) is 7.00 Å². The predicted octanol–water partition coefficient (Wildman–Crippen LogP) is 0.0982. The molecule has 1 radical (unpaired) electrons. The van der Waals surface area contributed by atoms with Crippen LogP contribution in [0.3, 0.4) is 0 Å². The van der Waals surface area contributed by atoms with Crippen LogP contribution in [-0.4, -0.2) is 19.0 Å². The second-order valence-electron chi connectivity index (χ2n) is 0.412. The molecule has 0 N–H and O–H groups in total. The van der Waals surface area contributed by atoms with Gasteiger partial charge >= 0.3 is 46.2 Å². The van der Waals surface area contributed by atoms with Crippen LogP contribution in [0, 0.1) is 0 Å². The fourth-order valence-corrected chi connectivity index (χ4v) is 0.244. The molecule has 1 nitrogen and oxygen atoms in total. The predicted molar refractivity (Wildman–Crippen MR) is 31.5 cm³/mol. The third-order valence-electron chi connectivity index (χ3n) is 0.159. The number of halogens is 1. The molecular weight excluding hydrogens is 177 g/mol. The van der Waals surface area contributed by atoms with Crippen molar-refractivity contribution in [2.75, 3.05) is 4.61 Å². The molecule has 0 atom stereocenters. The summed E-state index contributed by atoms with van der Waals surface area (Å²) in [6.07, 6.45) is 0. The second kappa shape index (κ2) is 4.66. The van der Waals surface area contributed by atoms with Crippen molar-refractivity contribution in [2.24, 2.45) is 0 Å². The Morgan fingerprint density at radius 1 is 2.00 bits per heavy atom. The Morgan fingerprint density at radius 2 is 2.60 bits per heavy atom. The van der Waals surface area contributed by atoms with Gasteiger partial charge in [-0.25, -0.2) is 0 Å². The van der Waals surface area contributed by atoms with Gasteiger partial charge in [0.25, 0.3) is 0 Å². The van der Waals surface area contributed by atoms with Gasteiger partial charge in [-0.3, -0.25) is 0 Å². The van der Waals surface area contributed by atoms with Gasteiger partial charge in [-0.15, -0.1) is 0 Å². The topological polar surface area (TPSA) is 9.23 Å². The minimum atomic E-state index is 0.633. The molecule has 0 saturated heterocycles. The van der Waals surface area contributed by atoms with Gasteiger partial charge < -0.3 is 0 Å². The first kappa shape index (κ1) is 5.66. The van der Waals surface area contributed by atoms with E-state index in [0.29, 0.717) is 4.61 Å². The van der Waals surface area contributed by atoms with Crippen LogP contribution in [0.2, 0.25) is 0 Å². The van der Waals surface area contributed by atoms with Crippen LogP contribution in [0.15, 0.2) is 0 Å². The summed E-state index contributed by atoms with van der Waals surface area (Å²) >= 11 is 2.05. The molecule has 0 spiro atoms. The molecule has 0 fully saturated rings. The summed E-state index contributed by atoms with van der Waals surface area (Å²) in [5, 5.41) is 0. The monoisotopic (exact) mass is 179 g/mol. The van der Waals surface area contributed by atoms with Crippen molar-refractivity contribution in [1.82, 2.24) is 0 Å². The normalized spacial score (nSPS) is 5.60. The van der Waals surface area contributed by atoms with E-state index in [4.69, 9.17) is 7.37 Å². The van der Waals surface area contributed by atoms with Gasteiger partial charge in [0.1, 0.15) is 0 Å². The Bertz CT molecular complexity index is 30.8. The van der Waals surface area contributed by atoms with Crippen LogP contribution in [0.5, 0.6) is 0 Å². The van der Waals surface area contributed by atoms with E-state index in [2.05, 4.69) is 27.2 Å². The first-order chi connectivity index (χ1) is 2.41. The average molecular weight is 179 g/mol. The fraction of sp³-hybridized carbons (Fsp3) is 1.00. The number of rotatable bonds is 2. The van der Waals surface area contributed by atoms with Crippen LogP contribution in [0.25, 0.3) is 0 Å². The van der Waals surface area contributed by atoms with E-state index in [-0.39, 0.29) is 0 Å². The van der Waals surface area contributed by atoms with E-state index in [9.17, 15) is 0 Å². The van der Waals surface area contributed by atoms with Crippen LogP contribution in [0.1, 0.15) is 0 Å². The first-order valence-electron chi connectivity index (χ1n) is 1.12. The molecule has 0 aromatic rings. The number of hydrogen-bond donors (Lipinski definition) is 0. The van der Waals surface area contributed by atoms with E-state index in [1.54, 1.807) is 0 Å². The molecule has 0 amide bonds. The van der Waals surface area contributed by atoms with Gasteiger partial charge in [0.15, 0.2) is 0 Å². The molecule has 4 heteroatoms. The van der Waals surface area contributed by atoms with Crippen molar-refractivity contribution >= 4 is 37.0 Å². The molecule has 0 aliphatic carbocycles. The van der Waals surface area contributed by atoms with Crippen molar-refractivity contribution in [2.45, 2.75) is 0 Å². The van der Waals surface area contributed by atoms with Crippen molar-refractivity contribution in [3.8, 4) is 0 Å². The maximum atomic E-state index is 4.79. The summed E-state index contributed by atoms with van der Waals surface area (Å²) < 4.78 is 5.11. The van der Waals surface area contributed by atoms with Gasteiger partial charge in [0.05, 0.1) is 0 Å². The third kappa shape index (κ3) is 4.66. The molecule has 0 aliphatic heterocycles. The Morgan fingerprint density at radius 3 is 2.60 bits per heavy atom. The van der Waals surface area contributed by atoms with Crippen LogP contribution in [-0.2, 0) is 4.65 Å². The van der Waals surface area contributed by atoms with Crippen LogP contribution in [0.4, 0.5) is 0 Å². The average Bonchev–Trinajstić information content (AvgIpc) is 1.41. The van der Waals surface area contributed by atoms with E-state index < -0.39 is 0 Å². The number of hydrogen-bond acceptors (Lipinski definition) is 1. The summed E-state index contributed by atoms with van der Waals surface area (Å²) in [5.74, 6) is 0. The molecule has 0 heterocycles. The summed E-state index contributed by atoms with van der Waals surface area (Å²) in [5.41, 5.74) is 0. The van der Waals surface area contributed by atoms with Gasteiger partial charge in [-0.2, -0.15) is 0 Å². The zero-order valence-corrected chi connectivity index (χ0v) is 4.81.